The highest BCUT2D eigenvalue weighted by Crippen LogP contribution is 2.44. The third-order valence-corrected chi connectivity index (χ3v) is 11.2. The Morgan fingerprint density at radius 1 is 0.339 bits per heavy atom. The molecule has 0 atom stereocenters. The maximum Gasteiger partial charge on any atom is 0.168 e. The molecule has 0 saturated heterocycles. The van der Waals surface area contributed by atoms with E-state index in [1.165, 1.54) is 5.39 Å². The van der Waals surface area contributed by atoms with Crippen molar-refractivity contribution in [2.45, 2.75) is 0 Å². The van der Waals surface area contributed by atoms with E-state index in [4.69, 9.17) is 14.6 Å². The largest absolute Gasteiger partial charge is 0.455 e. The molecule has 6 nitrogen and oxygen atoms in total. The Morgan fingerprint density at radius 3 is 1.59 bits per heavy atom. The summed E-state index contributed by atoms with van der Waals surface area (Å²) in [6.07, 6.45) is 0. The topological polar surface area (TPSA) is 53.7 Å². The van der Waals surface area contributed by atoms with Crippen LogP contribution in [0.4, 0.5) is 0 Å². The minimum Gasteiger partial charge on any atom is -0.455 e. The van der Waals surface area contributed by atoms with Crippen molar-refractivity contribution in [1.29, 1.82) is 0 Å². The fourth-order valence-corrected chi connectivity index (χ4v) is 8.83. The molecular weight excluding hydrogens is 687 g/mol. The van der Waals surface area contributed by atoms with Crippen LogP contribution >= 0.6 is 0 Å². The van der Waals surface area contributed by atoms with Crippen molar-refractivity contribution in [3.8, 4) is 39.8 Å². The molecule has 0 unspecified atom stereocenters. The standard InChI is InChI=1S/C50H31N5O/c1-3-16-32(17-4-1)49-51-52-50(33-18-5-2-6-19-33)55(49)44-28-15-23-36-34-20-7-10-24-39(34)54(47(36)44)42-27-13-12-26-41(42)53-40-25-11-8-22-38(40)46-43(53)31-30-37-35-21-9-14-29-45(35)56-48(37)46/h1-31H. The van der Waals surface area contributed by atoms with Gasteiger partial charge in [-0.15, -0.1) is 10.2 Å². The van der Waals surface area contributed by atoms with Crippen molar-refractivity contribution in [3.63, 3.8) is 0 Å². The van der Waals surface area contributed by atoms with Gasteiger partial charge in [-0.05, 0) is 48.5 Å². The van der Waals surface area contributed by atoms with Gasteiger partial charge in [0, 0.05) is 38.1 Å². The molecule has 0 fully saturated rings. The zero-order valence-electron chi connectivity index (χ0n) is 30.0. The lowest BCUT2D eigenvalue weighted by molar-refractivity contribution is 0.673. The zero-order chi connectivity index (χ0) is 36.7. The Hall–Kier alpha value is -7.70. The highest BCUT2D eigenvalue weighted by molar-refractivity contribution is 6.24. The Balaban J connectivity index is 1.20. The first kappa shape index (κ1) is 30.7. The van der Waals surface area contributed by atoms with Crippen LogP contribution in [0.2, 0.25) is 0 Å². The van der Waals surface area contributed by atoms with E-state index in [0.717, 1.165) is 100 Å². The average molecular weight is 718 g/mol. The van der Waals surface area contributed by atoms with Crippen LogP contribution in [0, 0.1) is 0 Å². The van der Waals surface area contributed by atoms with E-state index >= 15 is 0 Å². The van der Waals surface area contributed by atoms with E-state index in [1.54, 1.807) is 0 Å². The van der Waals surface area contributed by atoms with Crippen LogP contribution in [0.3, 0.4) is 0 Å². The minimum absolute atomic E-state index is 0.777. The SMILES string of the molecule is c1ccc(-c2nnc(-c3ccccc3)n2-c2cccc3c4ccccc4n(-c4ccccc4-n4c5ccccc5c5c6oc7ccccc7c6ccc54)c23)cc1. The molecule has 0 bridgehead atoms. The van der Waals surface area contributed by atoms with Crippen molar-refractivity contribution in [2.24, 2.45) is 0 Å². The van der Waals surface area contributed by atoms with Gasteiger partial charge in [0.15, 0.2) is 11.6 Å². The molecule has 4 heterocycles. The first-order valence-corrected chi connectivity index (χ1v) is 18.9. The number of hydrogen-bond acceptors (Lipinski definition) is 3. The van der Waals surface area contributed by atoms with Gasteiger partial charge in [0.25, 0.3) is 0 Å². The second-order valence-corrected chi connectivity index (χ2v) is 14.2. The van der Waals surface area contributed by atoms with Gasteiger partial charge in [0.1, 0.15) is 11.2 Å². The summed E-state index contributed by atoms with van der Waals surface area (Å²) >= 11 is 0. The summed E-state index contributed by atoms with van der Waals surface area (Å²) < 4.78 is 13.7. The number of furan rings is 1. The predicted octanol–water partition coefficient (Wildman–Crippen LogP) is 12.7. The number of fused-ring (bicyclic) bond motifs is 10. The lowest BCUT2D eigenvalue weighted by Gasteiger charge is -2.19. The normalized spacial score (nSPS) is 11.9. The number of rotatable bonds is 5. The fraction of sp³-hybridized carbons (Fsp3) is 0. The van der Waals surface area contributed by atoms with Crippen molar-refractivity contribution in [1.82, 2.24) is 23.9 Å². The van der Waals surface area contributed by atoms with Gasteiger partial charge in [-0.2, -0.15) is 0 Å². The number of aromatic nitrogens is 5. The van der Waals surface area contributed by atoms with Gasteiger partial charge >= 0.3 is 0 Å². The minimum atomic E-state index is 0.777. The van der Waals surface area contributed by atoms with Gasteiger partial charge in [0.2, 0.25) is 0 Å². The van der Waals surface area contributed by atoms with Crippen molar-refractivity contribution >= 4 is 65.6 Å². The first-order valence-electron chi connectivity index (χ1n) is 18.9. The van der Waals surface area contributed by atoms with Gasteiger partial charge in [-0.1, -0.05) is 140 Å². The summed E-state index contributed by atoms with van der Waals surface area (Å²) in [6, 6.07) is 66.1. The molecule has 6 heteroatoms. The van der Waals surface area contributed by atoms with E-state index in [-0.39, 0.29) is 0 Å². The molecule has 262 valence electrons. The number of hydrogen-bond donors (Lipinski definition) is 0. The van der Waals surface area contributed by atoms with Crippen LogP contribution in [-0.4, -0.2) is 23.9 Å². The average Bonchev–Trinajstić information content (AvgIpc) is 4.04. The lowest BCUT2D eigenvalue weighted by Crippen LogP contribution is -2.06. The molecule has 8 aromatic carbocycles. The molecule has 0 saturated carbocycles. The van der Waals surface area contributed by atoms with Crippen LogP contribution in [0.25, 0.3) is 105 Å². The zero-order valence-corrected chi connectivity index (χ0v) is 30.0. The monoisotopic (exact) mass is 717 g/mol. The molecule has 0 aliphatic carbocycles. The summed E-state index contributed by atoms with van der Waals surface area (Å²) in [4.78, 5) is 0. The molecule has 56 heavy (non-hydrogen) atoms. The lowest BCUT2D eigenvalue weighted by atomic mass is 10.1. The number of benzene rings is 8. The molecule has 0 amide bonds. The summed E-state index contributed by atoms with van der Waals surface area (Å²) in [5, 5.41) is 16.5. The smallest absolute Gasteiger partial charge is 0.168 e. The van der Waals surface area contributed by atoms with Crippen LogP contribution in [-0.2, 0) is 0 Å². The van der Waals surface area contributed by atoms with Gasteiger partial charge < -0.3 is 13.6 Å². The second kappa shape index (κ2) is 11.9. The summed E-state index contributed by atoms with van der Waals surface area (Å²) in [5.41, 5.74) is 11.2. The van der Waals surface area contributed by atoms with E-state index < -0.39 is 0 Å². The highest BCUT2D eigenvalue weighted by Gasteiger charge is 2.25. The summed E-state index contributed by atoms with van der Waals surface area (Å²) in [5.74, 6) is 1.55. The van der Waals surface area contributed by atoms with Crippen LogP contribution < -0.4 is 0 Å². The van der Waals surface area contributed by atoms with E-state index in [0.29, 0.717) is 0 Å². The number of nitrogens with zero attached hydrogens (tertiary/aromatic N) is 5. The van der Waals surface area contributed by atoms with E-state index in [9.17, 15) is 0 Å². The summed E-state index contributed by atoms with van der Waals surface area (Å²) in [7, 11) is 0. The number of para-hydroxylation sites is 6. The summed E-state index contributed by atoms with van der Waals surface area (Å²) in [6.45, 7) is 0. The molecule has 12 aromatic rings. The molecule has 0 N–H and O–H groups in total. The molecule has 12 rings (SSSR count). The van der Waals surface area contributed by atoms with E-state index in [1.807, 2.05) is 18.2 Å². The predicted molar refractivity (Wildman–Crippen MR) is 228 cm³/mol. The third-order valence-electron chi connectivity index (χ3n) is 11.2. The maximum atomic E-state index is 6.66. The van der Waals surface area contributed by atoms with Crippen molar-refractivity contribution in [2.75, 3.05) is 0 Å². The third kappa shape index (κ3) is 4.32. The van der Waals surface area contributed by atoms with Gasteiger partial charge in [-0.3, -0.25) is 4.57 Å². The maximum absolute atomic E-state index is 6.66. The fourth-order valence-electron chi connectivity index (χ4n) is 8.83. The molecular formula is C50H31N5O. The van der Waals surface area contributed by atoms with Gasteiger partial charge in [-0.25, -0.2) is 0 Å². The Kier molecular flexibility index (Phi) is 6.53. The van der Waals surface area contributed by atoms with Crippen molar-refractivity contribution < 1.29 is 4.42 Å². The molecule has 4 aromatic heterocycles. The Bertz CT molecular complexity index is 3420. The Morgan fingerprint density at radius 2 is 0.875 bits per heavy atom. The molecule has 0 spiro atoms. The molecule has 0 radical (unpaired) electrons. The highest BCUT2D eigenvalue weighted by atomic mass is 16.3. The first-order chi connectivity index (χ1) is 27.8. The van der Waals surface area contributed by atoms with Crippen LogP contribution in [0.15, 0.2) is 192 Å². The Labute approximate surface area is 320 Å². The van der Waals surface area contributed by atoms with Crippen LogP contribution in [0.1, 0.15) is 0 Å². The molecule has 0 aliphatic heterocycles. The van der Waals surface area contributed by atoms with Crippen LogP contribution in [0.5, 0.6) is 0 Å². The van der Waals surface area contributed by atoms with Gasteiger partial charge in [0.05, 0.1) is 44.5 Å². The quantitative estimate of drug-likeness (QED) is 0.178. The molecule has 0 aliphatic rings. The van der Waals surface area contributed by atoms with E-state index in [2.05, 4.69) is 184 Å². The van der Waals surface area contributed by atoms with Crippen molar-refractivity contribution in [3.05, 3.63) is 188 Å². The second-order valence-electron chi connectivity index (χ2n) is 14.2.